The number of hydrogen-bond acceptors (Lipinski definition) is 6. The molecule has 0 bridgehead atoms. The van der Waals surface area contributed by atoms with Gasteiger partial charge in [-0.25, -0.2) is 9.36 Å². The van der Waals surface area contributed by atoms with Crippen molar-refractivity contribution in [1.29, 1.82) is 0 Å². The molecule has 1 N–H and O–H groups in total. The van der Waals surface area contributed by atoms with Gasteiger partial charge in [-0.05, 0) is 35.9 Å². The summed E-state index contributed by atoms with van der Waals surface area (Å²) in [5, 5.41) is 1.68. The van der Waals surface area contributed by atoms with E-state index in [-0.39, 0.29) is 6.61 Å². The van der Waals surface area contributed by atoms with Gasteiger partial charge < -0.3 is 9.63 Å². The number of carbonyl (C=O) groups excluding carboxylic acids is 1. The standard InChI is InChI=1S/C15H20FO6PS/c1-4-7-13(14(8-5-2)21-15(17)6-3)9-11-24-12-10-20-23(18,19)22-16/h4-9,11H,3,10,12H2,1-2H3,(H,18,19)/b7-4-,8-5-,11-9+,14-13-. The normalized spacial score (nSPS) is 15.7. The minimum atomic E-state index is -4.60. The zero-order chi connectivity index (χ0) is 18.4. The Bertz CT molecular complexity index is 583. The van der Waals surface area contributed by atoms with E-state index in [1.807, 2.05) is 6.92 Å². The highest BCUT2D eigenvalue weighted by atomic mass is 32.2. The van der Waals surface area contributed by atoms with Crippen LogP contribution in [0.3, 0.4) is 0 Å². The lowest BCUT2D eigenvalue weighted by Gasteiger charge is -2.06. The lowest BCUT2D eigenvalue weighted by Crippen LogP contribution is -2.00. The molecule has 1 unspecified atom stereocenters. The number of hydrogen-bond donors (Lipinski definition) is 1. The number of rotatable bonds is 11. The monoisotopic (exact) mass is 378 g/mol. The Morgan fingerprint density at radius 1 is 1.29 bits per heavy atom. The van der Waals surface area contributed by atoms with E-state index in [1.54, 1.807) is 42.7 Å². The van der Waals surface area contributed by atoms with Crippen LogP contribution in [-0.2, 0) is 23.3 Å². The number of phosphoric ester groups is 1. The Morgan fingerprint density at radius 2 is 1.96 bits per heavy atom. The number of allylic oxidation sites excluding steroid dienone is 6. The molecule has 0 saturated heterocycles. The van der Waals surface area contributed by atoms with E-state index in [9.17, 15) is 13.9 Å². The van der Waals surface area contributed by atoms with Crippen LogP contribution < -0.4 is 0 Å². The predicted octanol–water partition coefficient (Wildman–Crippen LogP) is 4.39. The number of esters is 1. The molecule has 0 aromatic carbocycles. The summed E-state index contributed by atoms with van der Waals surface area (Å²) in [6.45, 7) is 6.76. The molecule has 0 amide bonds. The number of carbonyl (C=O) groups is 1. The molecule has 0 fully saturated rings. The van der Waals surface area contributed by atoms with E-state index in [0.717, 1.165) is 6.08 Å². The zero-order valence-electron chi connectivity index (χ0n) is 13.4. The molecule has 0 saturated carbocycles. The molecule has 0 radical (unpaired) electrons. The van der Waals surface area contributed by atoms with Crippen LogP contribution in [0.4, 0.5) is 4.53 Å². The molecular formula is C15H20FO6PS. The molecule has 0 heterocycles. The third-order valence-corrected chi connectivity index (χ3v) is 3.63. The summed E-state index contributed by atoms with van der Waals surface area (Å²) >= 11 is 1.25. The fourth-order valence-corrected chi connectivity index (χ4v) is 2.34. The lowest BCUT2D eigenvalue weighted by atomic mass is 10.2. The maximum absolute atomic E-state index is 11.6. The van der Waals surface area contributed by atoms with Gasteiger partial charge in [-0.15, -0.1) is 11.8 Å². The molecule has 0 aromatic rings. The van der Waals surface area contributed by atoms with E-state index >= 15 is 0 Å². The summed E-state index contributed by atoms with van der Waals surface area (Å²) < 4.78 is 34.6. The molecule has 0 spiro atoms. The summed E-state index contributed by atoms with van der Waals surface area (Å²) in [4.78, 5) is 20.1. The Kier molecular flexibility index (Phi) is 12.1. The maximum atomic E-state index is 11.6. The van der Waals surface area contributed by atoms with Gasteiger partial charge in [0.2, 0.25) is 0 Å². The average molecular weight is 378 g/mol. The Morgan fingerprint density at radius 3 is 2.50 bits per heavy atom. The van der Waals surface area contributed by atoms with Gasteiger partial charge in [0.05, 0.1) is 6.61 Å². The lowest BCUT2D eigenvalue weighted by molar-refractivity contribution is -0.133. The van der Waals surface area contributed by atoms with Crippen molar-refractivity contribution in [3.05, 3.63) is 59.8 Å². The van der Waals surface area contributed by atoms with Crippen LogP contribution in [0.1, 0.15) is 13.8 Å². The minimum absolute atomic E-state index is 0.178. The highest BCUT2D eigenvalue weighted by Crippen LogP contribution is 2.43. The second-order valence-corrected chi connectivity index (χ2v) is 6.34. The fraction of sp³-hybridized carbons (Fsp3) is 0.267. The second-order valence-electron chi connectivity index (χ2n) is 3.99. The third kappa shape index (κ3) is 10.4. The van der Waals surface area contributed by atoms with E-state index in [1.165, 1.54) is 11.8 Å². The van der Waals surface area contributed by atoms with Crippen LogP contribution >= 0.6 is 19.6 Å². The first-order chi connectivity index (χ1) is 11.4. The number of thioether (sulfide) groups is 1. The molecule has 0 aliphatic heterocycles. The van der Waals surface area contributed by atoms with Crippen molar-refractivity contribution in [2.45, 2.75) is 13.8 Å². The SMILES string of the molecule is C=CC(=O)OC(/C=C\C)=C(/C=C\C)\C=C\SCCOP(=O)(O)OF. The largest absolute Gasteiger partial charge is 0.503 e. The van der Waals surface area contributed by atoms with Crippen LogP contribution in [0.5, 0.6) is 0 Å². The Labute approximate surface area is 144 Å². The molecule has 6 nitrogen and oxygen atoms in total. The van der Waals surface area contributed by atoms with Crippen LogP contribution in [0.2, 0.25) is 0 Å². The molecule has 0 aromatic heterocycles. The Hall–Kier alpha value is -1.44. The first kappa shape index (κ1) is 22.6. The van der Waals surface area contributed by atoms with Gasteiger partial charge in [0.1, 0.15) is 5.76 Å². The van der Waals surface area contributed by atoms with E-state index in [4.69, 9.17) is 9.63 Å². The fourth-order valence-electron chi connectivity index (χ4n) is 1.30. The molecule has 1 atom stereocenters. The molecule has 0 aliphatic carbocycles. The van der Waals surface area contributed by atoms with Gasteiger partial charge >= 0.3 is 13.8 Å². The Balaban J connectivity index is 4.85. The summed E-state index contributed by atoms with van der Waals surface area (Å²) in [5.41, 5.74) is 0.638. The third-order valence-electron chi connectivity index (χ3n) is 2.21. The first-order valence-corrected chi connectivity index (χ1v) is 9.34. The first-order valence-electron chi connectivity index (χ1n) is 6.80. The van der Waals surface area contributed by atoms with Crippen molar-refractivity contribution >= 4 is 25.6 Å². The van der Waals surface area contributed by atoms with Crippen LogP contribution in [-0.4, -0.2) is 23.2 Å². The van der Waals surface area contributed by atoms with Crippen molar-refractivity contribution in [2.75, 3.05) is 12.4 Å². The van der Waals surface area contributed by atoms with Crippen LogP contribution in [0, 0.1) is 0 Å². The zero-order valence-corrected chi connectivity index (χ0v) is 15.1. The van der Waals surface area contributed by atoms with Gasteiger partial charge in [-0.2, -0.15) is 0 Å². The van der Waals surface area contributed by atoms with Crippen molar-refractivity contribution in [2.24, 2.45) is 0 Å². The quantitative estimate of drug-likeness (QED) is 0.143. The molecule has 134 valence electrons. The van der Waals surface area contributed by atoms with Gasteiger partial charge in [0.25, 0.3) is 0 Å². The van der Waals surface area contributed by atoms with Gasteiger partial charge in [0.15, 0.2) is 0 Å². The van der Waals surface area contributed by atoms with Crippen LogP contribution in [0.15, 0.2) is 59.8 Å². The van der Waals surface area contributed by atoms with E-state index < -0.39 is 13.8 Å². The maximum Gasteiger partial charge on any atom is 0.503 e. The van der Waals surface area contributed by atoms with Crippen molar-refractivity contribution < 1.29 is 32.8 Å². The predicted molar refractivity (Wildman–Crippen MR) is 92.5 cm³/mol. The van der Waals surface area contributed by atoms with E-state index in [2.05, 4.69) is 15.8 Å². The van der Waals surface area contributed by atoms with E-state index in [0.29, 0.717) is 17.1 Å². The summed E-state index contributed by atoms with van der Waals surface area (Å²) in [6.07, 6.45) is 9.64. The minimum Gasteiger partial charge on any atom is -0.423 e. The van der Waals surface area contributed by atoms with Gasteiger partial charge in [0, 0.05) is 17.4 Å². The van der Waals surface area contributed by atoms with Gasteiger partial charge in [-0.1, -0.05) is 29.5 Å². The summed E-state index contributed by atoms with van der Waals surface area (Å²) in [6, 6.07) is 0. The van der Waals surface area contributed by atoms with Crippen molar-refractivity contribution in [1.82, 2.24) is 0 Å². The van der Waals surface area contributed by atoms with Crippen molar-refractivity contribution in [3.63, 3.8) is 0 Å². The topological polar surface area (TPSA) is 82.1 Å². The number of phosphoric acid groups is 1. The second kappa shape index (κ2) is 12.9. The smallest absolute Gasteiger partial charge is 0.423 e. The molecule has 0 rings (SSSR count). The number of ether oxygens (including phenoxy) is 1. The molecular weight excluding hydrogens is 358 g/mol. The summed E-state index contributed by atoms with van der Waals surface area (Å²) in [7, 11) is -4.60. The molecule has 0 aliphatic rings. The molecule has 9 heteroatoms. The highest BCUT2D eigenvalue weighted by molar-refractivity contribution is 8.02. The highest BCUT2D eigenvalue weighted by Gasteiger charge is 2.21. The average Bonchev–Trinajstić information content (AvgIpc) is 2.56. The number of halogens is 1. The van der Waals surface area contributed by atoms with Crippen LogP contribution in [0.25, 0.3) is 0 Å². The van der Waals surface area contributed by atoms with Crippen molar-refractivity contribution in [3.8, 4) is 0 Å². The van der Waals surface area contributed by atoms with Gasteiger partial charge in [-0.3, -0.25) is 4.52 Å². The molecule has 24 heavy (non-hydrogen) atoms. The summed E-state index contributed by atoms with van der Waals surface area (Å²) in [5.74, 6) is 0.0580.